The topological polar surface area (TPSA) is 59.4 Å². The molecule has 86 valence electrons. The molecule has 0 unspecified atom stereocenters. The molecule has 0 saturated carbocycles. The van der Waals surface area contributed by atoms with Crippen molar-refractivity contribution in [3.05, 3.63) is 52.8 Å². The number of rotatable bonds is 3. The average Bonchev–Trinajstić information content (AvgIpc) is 2.33. The van der Waals surface area contributed by atoms with Crippen LogP contribution < -0.4 is 4.74 Å². The molecule has 0 atom stereocenters. The number of nitrogens with zero attached hydrogens (tertiary/aromatic N) is 1. The molecule has 5 heteroatoms. The zero-order valence-corrected chi connectivity index (χ0v) is 10.2. The SMILES string of the molecule is O=C(O)c1ccc(Oc2ccncc2Br)cc1. The Morgan fingerprint density at radius 3 is 2.53 bits per heavy atom. The van der Waals surface area contributed by atoms with Gasteiger partial charge in [-0.2, -0.15) is 0 Å². The molecule has 0 aliphatic carbocycles. The Hall–Kier alpha value is -1.88. The van der Waals surface area contributed by atoms with Gasteiger partial charge in [-0.05, 0) is 40.2 Å². The molecule has 0 aliphatic rings. The molecular weight excluding hydrogens is 286 g/mol. The van der Waals surface area contributed by atoms with E-state index in [-0.39, 0.29) is 5.56 Å². The van der Waals surface area contributed by atoms with Gasteiger partial charge in [-0.1, -0.05) is 0 Å². The van der Waals surface area contributed by atoms with Crippen LogP contribution in [0.15, 0.2) is 47.2 Å². The zero-order valence-electron chi connectivity index (χ0n) is 8.63. The highest BCUT2D eigenvalue weighted by atomic mass is 79.9. The molecule has 2 rings (SSSR count). The van der Waals surface area contributed by atoms with Crippen LogP contribution in [0.5, 0.6) is 11.5 Å². The number of benzene rings is 1. The predicted octanol–water partition coefficient (Wildman–Crippen LogP) is 3.33. The number of carboxylic acids is 1. The Kier molecular flexibility index (Phi) is 3.39. The number of pyridine rings is 1. The highest BCUT2D eigenvalue weighted by molar-refractivity contribution is 9.10. The lowest BCUT2D eigenvalue weighted by Gasteiger charge is -2.06. The number of aromatic carboxylic acids is 1. The van der Waals surface area contributed by atoms with Crippen molar-refractivity contribution in [3.8, 4) is 11.5 Å². The normalized spacial score (nSPS) is 9.94. The second-order valence-corrected chi connectivity index (χ2v) is 4.09. The van der Waals surface area contributed by atoms with Crippen molar-refractivity contribution < 1.29 is 14.6 Å². The molecule has 2 aromatic rings. The minimum absolute atomic E-state index is 0.228. The van der Waals surface area contributed by atoms with Crippen LogP contribution >= 0.6 is 15.9 Å². The van der Waals surface area contributed by atoms with Gasteiger partial charge in [0.05, 0.1) is 10.0 Å². The van der Waals surface area contributed by atoms with Gasteiger partial charge in [0.1, 0.15) is 11.5 Å². The number of hydrogen-bond donors (Lipinski definition) is 1. The third kappa shape index (κ3) is 2.82. The van der Waals surface area contributed by atoms with E-state index in [4.69, 9.17) is 9.84 Å². The lowest BCUT2D eigenvalue weighted by atomic mass is 10.2. The van der Waals surface area contributed by atoms with Crippen molar-refractivity contribution >= 4 is 21.9 Å². The van der Waals surface area contributed by atoms with E-state index in [1.807, 2.05) is 0 Å². The van der Waals surface area contributed by atoms with Crippen LogP contribution in [-0.4, -0.2) is 16.1 Å². The molecule has 0 spiro atoms. The molecule has 1 heterocycles. The van der Waals surface area contributed by atoms with Crippen LogP contribution in [0.1, 0.15) is 10.4 Å². The summed E-state index contributed by atoms with van der Waals surface area (Å²) in [6, 6.07) is 7.92. The minimum Gasteiger partial charge on any atom is -0.478 e. The van der Waals surface area contributed by atoms with E-state index in [0.717, 1.165) is 4.47 Å². The quantitative estimate of drug-likeness (QED) is 0.943. The summed E-state index contributed by atoms with van der Waals surface area (Å²) >= 11 is 3.31. The van der Waals surface area contributed by atoms with Crippen LogP contribution in [0.3, 0.4) is 0 Å². The standard InChI is InChI=1S/C12H8BrNO3/c13-10-7-14-6-5-11(10)17-9-3-1-8(2-4-9)12(15)16/h1-7H,(H,15,16). The number of aromatic nitrogens is 1. The lowest BCUT2D eigenvalue weighted by Crippen LogP contribution is -1.95. The summed E-state index contributed by atoms with van der Waals surface area (Å²) in [6.07, 6.45) is 3.24. The fraction of sp³-hybridized carbons (Fsp3) is 0. The summed E-state index contributed by atoms with van der Waals surface area (Å²) in [7, 11) is 0. The first-order chi connectivity index (χ1) is 8.16. The third-order valence-electron chi connectivity index (χ3n) is 2.06. The summed E-state index contributed by atoms with van der Waals surface area (Å²) in [5, 5.41) is 8.75. The van der Waals surface area contributed by atoms with E-state index in [9.17, 15) is 4.79 Å². The highest BCUT2D eigenvalue weighted by Crippen LogP contribution is 2.28. The van der Waals surface area contributed by atoms with Crippen molar-refractivity contribution in [3.63, 3.8) is 0 Å². The Bertz CT molecular complexity index is 540. The van der Waals surface area contributed by atoms with Gasteiger partial charge in [-0.25, -0.2) is 4.79 Å². The highest BCUT2D eigenvalue weighted by Gasteiger charge is 2.04. The van der Waals surface area contributed by atoms with Gasteiger partial charge >= 0.3 is 5.97 Å². The number of hydrogen-bond acceptors (Lipinski definition) is 3. The maximum absolute atomic E-state index is 10.7. The van der Waals surface area contributed by atoms with E-state index in [0.29, 0.717) is 11.5 Å². The molecule has 1 N–H and O–H groups in total. The van der Waals surface area contributed by atoms with E-state index in [2.05, 4.69) is 20.9 Å². The maximum Gasteiger partial charge on any atom is 0.335 e. The number of carboxylic acid groups (broad SMARTS) is 1. The average molecular weight is 294 g/mol. The second-order valence-electron chi connectivity index (χ2n) is 3.24. The third-order valence-corrected chi connectivity index (χ3v) is 2.66. The van der Waals surface area contributed by atoms with Gasteiger partial charge in [-0.15, -0.1) is 0 Å². The molecule has 0 radical (unpaired) electrons. The molecule has 4 nitrogen and oxygen atoms in total. The Balaban J connectivity index is 2.20. The Morgan fingerprint density at radius 2 is 1.94 bits per heavy atom. The van der Waals surface area contributed by atoms with Crippen molar-refractivity contribution in [2.75, 3.05) is 0 Å². The van der Waals surface area contributed by atoms with Crippen molar-refractivity contribution in [2.24, 2.45) is 0 Å². The summed E-state index contributed by atoms with van der Waals surface area (Å²) in [5.74, 6) is 0.242. The molecule has 0 bridgehead atoms. The minimum atomic E-state index is -0.957. The van der Waals surface area contributed by atoms with Crippen LogP contribution in [0.25, 0.3) is 0 Å². The lowest BCUT2D eigenvalue weighted by molar-refractivity contribution is 0.0697. The molecule has 1 aromatic heterocycles. The van der Waals surface area contributed by atoms with Gasteiger partial charge < -0.3 is 9.84 Å². The number of halogens is 1. The maximum atomic E-state index is 10.7. The molecule has 0 saturated heterocycles. The van der Waals surface area contributed by atoms with Gasteiger partial charge in [0.2, 0.25) is 0 Å². The molecule has 0 aliphatic heterocycles. The molecule has 1 aromatic carbocycles. The van der Waals surface area contributed by atoms with Gasteiger partial charge in [-0.3, -0.25) is 4.98 Å². The van der Waals surface area contributed by atoms with E-state index >= 15 is 0 Å². The first-order valence-corrected chi connectivity index (χ1v) is 5.57. The van der Waals surface area contributed by atoms with Crippen molar-refractivity contribution in [2.45, 2.75) is 0 Å². The fourth-order valence-corrected chi connectivity index (χ4v) is 1.57. The molecular formula is C12H8BrNO3. The smallest absolute Gasteiger partial charge is 0.335 e. The first-order valence-electron chi connectivity index (χ1n) is 4.77. The van der Waals surface area contributed by atoms with Crippen LogP contribution in [0.4, 0.5) is 0 Å². The van der Waals surface area contributed by atoms with E-state index < -0.39 is 5.97 Å². The summed E-state index contributed by atoms with van der Waals surface area (Å²) < 4.78 is 6.30. The predicted molar refractivity (Wildman–Crippen MR) is 65.4 cm³/mol. The fourth-order valence-electron chi connectivity index (χ4n) is 1.24. The Morgan fingerprint density at radius 1 is 1.24 bits per heavy atom. The van der Waals surface area contributed by atoms with Gasteiger partial charge in [0, 0.05) is 18.5 Å². The van der Waals surface area contributed by atoms with Crippen LogP contribution in [-0.2, 0) is 0 Å². The molecule has 17 heavy (non-hydrogen) atoms. The Labute approximate surface area is 106 Å². The molecule has 0 amide bonds. The zero-order chi connectivity index (χ0) is 12.3. The number of carbonyl (C=O) groups is 1. The first kappa shape index (κ1) is 11.6. The summed E-state index contributed by atoms with van der Waals surface area (Å²) in [6.45, 7) is 0. The summed E-state index contributed by atoms with van der Waals surface area (Å²) in [5.41, 5.74) is 0.228. The second kappa shape index (κ2) is 4.97. The van der Waals surface area contributed by atoms with Gasteiger partial charge in [0.25, 0.3) is 0 Å². The van der Waals surface area contributed by atoms with Crippen LogP contribution in [0.2, 0.25) is 0 Å². The van der Waals surface area contributed by atoms with Crippen LogP contribution in [0, 0.1) is 0 Å². The largest absolute Gasteiger partial charge is 0.478 e. The van der Waals surface area contributed by atoms with Crippen molar-refractivity contribution in [1.82, 2.24) is 4.98 Å². The van der Waals surface area contributed by atoms with Gasteiger partial charge in [0.15, 0.2) is 0 Å². The monoisotopic (exact) mass is 293 g/mol. The van der Waals surface area contributed by atoms with E-state index in [1.165, 1.54) is 12.1 Å². The number of ether oxygens (including phenoxy) is 1. The molecule has 0 fully saturated rings. The summed E-state index contributed by atoms with van der Waals surface area (Å²) in [4.78, 5) is 14.6. The van der Waals surface area contributed by atoms with E-state index in [1.54, 1.807) is 30.6 Å². The van der Waals surface area contributed by atoms with Crippen molar-refractivity contribution in [1.29, 1.82) is 0 Å².